The third-order valence-electron chi connectivity index (χ3n) is 5.81. The molecule has 0 saturated carbocycles. The average Bonchev–Trinajstić information content (AvgIpc) is 3.55. The third-order valence-corrected chi connectivity index (χ3v) is 7.55. The molecule has 2 aromatic carbocycles. The molecule has 0 radical (unpaired) electrons. The van der Waals surface area contributed by atoms with Gasteiger partial charge in [-0.05, 0) is 61.9 Å². The molecule has 0 aliphatic carbocycles. The van der Waals surface area contributed by atoms with E-state index in [2.05, 4.69) is 28.4 Å². The number of nitrogens with zero attached hydrogens (tertiary/aromatic N) is 3. The summed E-state index contributed by atoms with van der Waals surface area (Å²) in [4.78, 5) is 30.6. The number of aromatic amines is 1. The molecule has 0 bridgehead atoms. The number of amides is 1. The van der Waals surface area contributed by atoms with Crippen molar-refractivity contribution < 1.29 is 9.53 Å². The zero-order valence-electron chi connectivity index (χ0n) is 18.2. The van der Waals surface area contributed by atoms with Crippen LogP contribution in [0.15, 0.2) is 47.4 Å². The summed E-state index contributed by atoms with van der Waals surface area (Å²) in [5.41, 5.74) is 3.39. The monoisotopic (exact) mass is 464 g/mol. The van der Waals surface area contributed by atoms with Gasteiger partial charge >= 0.3 is 0 Å². The molecule has 1 aliphatic rings. The van der Waals surface area contributed by atoms with Crippen molar-refractivity contribution in [3.05, 3.63) is 59.0 Å². The molecule has 6 nitrogen and oxygen atoms in total. The predicted octanol–water partition coefficient (Wildman–Crippen LogP) is 5.70. The summed E-state index contributed by atoms with van der Waals surface area (Å²) in [6, 6.07) is 13.9. The molecule has 1 N–H and O–H groups in total. The Morgan fingerprint density at radius 2 is 2.12 bits per heavy atom. The number of ether oxygens (including phenoxy) is 1. The first kappa shape index (κ1) is 21.0. The van der Waals surface area contributed by atoms with Gasteiger partial charge in [-0.2, -0.15) is 0 Å². The highest BCUT2D eigenvalue weighted by atomic mass is 32.2. The largest absolute Gasteiger partial charge is 0.497 e. The fourth-order valence-corrected chi connectivity index (χ4v) is 5.60. The third kappa shape index (κ3) is 3.78. The van der Waals surface area contributed by atoms with Crippen LogP contribution in [0.3, 0.4) is 0 Å². The number of hydrogen-bond acceptors (Lipinski definition) is 6. The Morgan fingerprint density at radius 1 is 1.25 bits per heavy atom. The van der Waals surface area contributed by atoms with Crippen LogP contribution in [0.2, 0.25) is 0 Å². The number of carbonyl (C=O) groups excluding carboxylic acids is 1. The van der Waals surface area contributed by atoms with Crippen LogP contribution < -0.4 is 4.74 Å². The second-order valence-electron chi connectivity index (χ2n) is 7.80. The van der Waals surface area contributed by atoms with Gasteiger partial charge in [-0.3, -0.25) is 4.79 Å². The molecule has 4 aromatic rings. The van der Waals surface area contributed by atoms with Gasteiger partial charge in [0.15, 0.2) is 0 Å². The Labute approximate surface area is 195 Å². The summed E-state index contributed by atoms with van der Waals surface area (Å²) < 4.78 is 5.38. The van der Waals surface area contributed by atoms with Crippen LogP contribution >= 0.6 is 23.1 Å². The molecule has 32 heavy (non-hydrogen) atoms. The Morgan fingerprint density at radius 3 is 2.94 bits per heavy atom. The van der Waals surface area contributed by atoms with Gasteiger partial charge < -0.3 is 14.6 Å². The van der Waals surface area contributed by atoms with Crippen molar-refractivity contribution in [2.75, 3.05) is 19.9 Å². The number of H-pyrrole nitrogens is 1. The van der Waals surface area contributed by atoms with Crippen molar-refractivity contribution in [2.45, 2.75) is 30.7 Å². The number of benzene rings is 2. The lowest BCUT2D eigenvalue weighted by atomic mass is 10.1. The molecule has 1 saturated heterocycles. The molecule has 2 aromatic heterocycles. The highest BCUT2D eigenvalue weighted by Crippen LogP contribution is 2.37. The Balaban J connectivity index is 1.49. The molecule has 1 amide bonds. The van der Waals surface area contributed by atoms with Crippen LogP contribution in [0.25, 0.3) is 21.5 Å². The van der Waals surface area contributed by atoms with Crippen LogP contribution in [0.5, 0.6) is 5.75 Å². The fraction of sp³-hybridized carbons (Fsp3) is 0.292. The predicted molar refractivity (Wildman–Crippen MR) is 130 cm³/mol. The average molecular weight is 465 g/mol. The van der Waals surface area contributed by atoms with Crippen LogP contribution in [-0.4, -0.2) is 45.7 Å². The summed E-state index contributed by atoms with van der Waals surface area (Å²) in [7, 11) is 1.65. The maximum atomic E-state index is 13.7. The maximum absolute atomic E-state index is 13.7. The molecule has 0 spiro atoms. The van der Waals surface area contributed by atoms with E-state index in [-0.39, 0.29) is 11.9 Å². The van der Waals surface area contributed by atoms with Crippen molar-refractivity contribution in [1.82, 2.24) is 19.9 Å². The van der Waals surface area contributed by atoms with E-state index in [0.717, 1.165) is 50.9 Å². The Bertz CT molecular complexity index is 1300. The number of carbonyl (C=O) groups is 1. The summed E-state index contributed by atoms with van der Waals surface area (Å²) in [6.45, 7) is 2.64. The van der Waals surface area contributed by atoms with Gasteiger partial charge in [-0.1, -0.05) is 12.1 Å². The van der Waals surface area contributed by atoms with Crippen molar-refractivity contribution in [3.8, 4) is 16.2 Å². The molecule has 1 atom stereocenters. The molecule has 1 fully saturated rings. The fourth-order valence-electron chi connectivity index (χ4n) is 4.26. The van der Waals surface area contributed by atoms with Crippen molar-refractivity contribution in [1.29, 1.82) is 0 Å². The highest BCUT2D eigenvalue weighted by molar-refractivity contribution is 7.98. The number of thiazole rings is 1. The van der Waals surface area contributed by atoms with E-state index in [4.69, 9.17) is 9.72 Å². The zero-order valence-corrected chi connectivity index (χ0v) is 19.8. The van der Waals surface area contributed by atoms with E-state index >= 15 is 0 Å². The highest BCUT2D eigenvalue weighted by Gasteiger charge is 2.35. The number of thioether (sulfide) groups is 1. The minimum absolute atomic E-state index is 0.0417. The lowest BCUT2D eigenvalue weighted by Gasteiger charge is -2.23. The smallest absolute Gasteiger partial charge is 0.274 e. The molecular weight excluding hydrogens is 440 g/mol. The van der Waals surface area contributed by atoms with E-state index in [1.807, 2.05) is 42.2 Å². The maximum Gasteiger partial charge on any atom is 0.274 e. The van der Waals surface area contributed by atoms with Crippen LogP contribution in [0, 0.1) is 6.92 Å². The lowest BCUT2D eigenvalue weighted by molar-refractivity contribution is 0.0726. The van der Waals surface area contributed by atoms with Crippen LogP contribution in [-0.2, 0) is 0 Å². The molecular formula is C24H24N4O2S2. The van der Waals surface area contributed by atoms with Gasteiger partial charge in [0.2, 0.25) is 0 Å². The second kappa shape index (κ2) is 8.60. The summed E-state index contributed by atoms with van der Waals surface area (Å²) >= 11 is 3.24. The van der Waals surface area contributed by atoms with Gasteiger partial charge in [0, 0.05) is 11.4 Å². The SMILES string of the molecule is COc1cccc(-c2sc(C)nc2C(=O)N2CCC[C@H]2c2nc3ccc(SC)cc3[nH]2)c1. The molecule has 5 rings (SSSR count). The second-order valence-corrected chi connectivity index (χ2v) is 9.89. The van der Waals surface area contributed by atoms with E-state index in [1.165, 1.54) is 16.2 Å². The zero-order chi connectivity index (χ0) is 22.2. The number of likely N-dealkylation sites (tertiary alicyclic amines) is 1. The minimum Gasteiger partial charge on any atom is -0.497 e. The number of rotatable bonds is 5. The molecule has 8 heteroatoms. The summed E-state index contributed by atoms with van der Waals surface area (Å²) in [6.07, 6.45) is 3.89. The molecule has 1 aliphatic heterocycles. The van der Waals surface area contributed by atoms with Crippen LogP contribution in [0.1, 0.15) is 40.2 Å². The van der Waals surface area contributed by atoms with Gasteiger partial charge in [0.1, 0.15) is 17.3 Å². The van der Waals surface area contributed by atoms with Crippen LogP contribution in [0.4, 0.5) is 0 Å². The first-order valence-electron chi connectivity index (χ1n) is 10.5. The normalized spacial score (nSPS) is 16.1. The van der Waals surface area contributed by atoms with Gasteiger partial charge in [0.25, 0.3) is 5.91 Å². The summed E-state index contributed by atoms with van der Waals surface area (Å²) in [5, 5.41) is 0.871. The number of hydrogen-bond donors (Lipinski definition) is 1. The number of fused-ring (bicyclic) bond motifs is 1. The Kier molecular flexibility index (Phi) is 5.65. The van der Waals surface area contributed by atoms with Gasteiger partial charge in [-0.25, -0.2) is 9.97 Å². The van der Waals surface area contributed by atoms with Gasteiger partial charge in [0.05, 0.1) is 34.1 Å². The van der Waals surface area contributed by atoms with Gasteiger partial charge in [-0.15, -0.1) is 23.1 Å². The molecule has 3 heterocycles. The van der Waals surface area contributed by atoms with E-state index < -0.39 is 0 Å². The standard InChI is InChI=1S/C24H24N4O2S2/c1-14-25-21(22(32-14)15-6-4-7-16(12-15)30-2)24(29)28-11-5-8-20(28)23-26-18-10-9-17(31-3)13-19(18)27-23/h4,6-7,9-10,12-13,20H,5,8,11H2,1-3H3,(H,26,27)/t20-/m0/s1. The van der Waals surface area contributed by atoms with E-state index in [0.29, 0.717) is 12.2 Å². The summed E-state index contributed by atoms with van der Waals surface area (Å²) in [5.74, 6) is 1.57. The minimum atomic E-state index is -0.0761. The lowest BCUT2D eigenvalue weighted by Crippen LogP contribution is -2.31. The molecule has 164 valence electrons. The Hall–Kier alpha value is -2.84. The number of imidazole rings is 1. The number of methoxy groups -OCH3 is 1. The van der Waals surface area contributed by atoms with Crippen molar-refractivity contribution in [2.24, 2.45) is 0 Å². The quantitative estimate of drug-likeness (QED) is 0.384. The molecule has 0 unspecified atom stereocenters. The topological polar surface area (TPSA) is 71.1 Å². The first-order valence-corrected chi connectivity index (χ1v) is 12.6. The van der Waals surface area contributed by atoms with E-state index in [9.17, 15) is 4.79 Å². The first-order chi connectivity index (χ1) is 15.6. The van der Waals surface area contributed by atoms with Crippen molar-refractivity contribution >= 4 is 40.0 Å². The van der Waals surface area contributed by atoms with Crippen molar-refractivity contribution in [3.63, 3.8) is 0 Å². The number of nitrogens with one attached hydrogen (secondary N) is 1. The number of aromatic nitrogens is 3. The van der Waals surface area contributed by atoms with E-state index in [1.54, 1.807) is 18.9 Å². The number of aryl methyl sites for hydroxylation is 1.